The van der Waals surface area contributed by atoms with E-state index in [0.717, 1.165) is 50.2 Å². The second-order valence-corrected chi connectivity index (χ2v) is 5.39. The summed E-state index contributed by atoms with van der Waals surface area (Å²) in [5.74, 6) is 0.130. The predicted molar refractivity (Wildman–Crippen MR) is 76.0 cm³/mol. The fourth-order valence-electron chi connectivity index (χ4n) is 2.78. The number of anilines is 1. The number of piperidine rings is 1. The molecule has 1 fully saturated rings. The van der Waals surface area contributed by atoms with Crippen molar-refractivity contribution in [2.75, 3.05) is 18.4 Å². The van der Waals surface area contributed by atoms with Gasteiger partial charge < -0.3 is 10.6 Å². The number of carbonyl (C=O) groups excluding carboxylic acids is 1. The Kier molecular flexibility index (Phi) is 4.24. The smallest absolute Gasteiger partial charge is 0.231 e. The van der Waals surface area contributed by atoms with Gasteiger partial charge in [0.2, 0.25) is 5.91 Å². The largest absolute Gasteiger partial charge is 0.323 e. The van der Waals surface area contributed by atoms with Crippen LogP contribution in [-0.4, -0.2) is 28.8 Å². The van der Waals surface area contributed by atoms with Crippen molar-refractivity contribution >= 4 is 11.6 Å². The first-order valence-corrected chi connectivity index (χ1v) is 7.16. The van der Waals surface area contributed by atoms with E-state index in [0.29, 0.717) is 0 Å². The van der Waals surface area contributed by atoms with Gasteiger partial charge in [0, 0.05) is 19.8 Å². The molecule has 106 valence electrons. The minimum Gasteiger partial charge on any atom is -0.323 e. The van der Waals surface area contributed by atoms with Gasteiger partial charge in [0.25, 0.3) is 0 Å². The second-order valence-electron chi connectivity index (χ2n) is 5.39. The van der Waals surface area contributed by atoms with Gasteiger partial charge in [-0.2, -0.15) is 5.10 Å². The molecule has 5 heteroatoms. The summed E-state index contributed by atoms with van der Waals surface area (Å²) in [4.78, 5) is 12.6. The third kappa shape index (κ3) is 2.81. The normalized spacial score (nSPS) is 23.3. The minimum atomic E-state index is -0.265. The van der Waals surface area contributed by atoms with E-state index in [-0.39, 0.29) is 11.3 Å². The van der Waals surface area contributed by atoms with Gasteiger partial charge in [-0.3, -0.25) is 9.48 Å². The molecule has 0 bridgehead atoms. The molecule has 0 saturated carbocycles. The molecule has 2 heterocycles. The first-order valence-electron chi connectivity index (χ1n) is 7.16. The first-order chi connectivity index (χ1) is 9.11. The molecule has 0 aromatic carbocycles. The number of rotatable bonds is 4. The Labute approximate surface area is 114 Å². The van der Waals surface area contributed by atoms with Gasteiger partial charge in [-0.15, -0.1) is 0 Å². The van der Waals surface area contributed by atoms with E-state index < -0.39 is 0 Å². The molecular weight excluding hydrogens is 240 g/mol. The van der Waals surface area contributed by atoms with E-state index in [9.17, 15) is 4.79 Å². The molecule has 1 aliphatic rings. The summed E-state index contributed by atoms with van der Waals surface area (Å²) in [6.45, 7) is 5.94. The lowest BCUT2D eigenvalue weighted by Gasteiger charge is -2.35. The van der Waals surface area contributed by atoms with E-state index in [1.807, 2.05) is 13.2 Å². The van der Waals surface area contributed by atoms with Gasteiger partial charge in [0.1, 0.15) is 0 Å². The Morgan fingerprint density at radius 3 is 2.95 bits per heavy atom. The van der Waals surface area contributed by atoms with Crippen LogP contribution in [0.4, 0.5) is 5.69 Å². The number of hydrogen-bond donors (Lipinski definition) is 2. The molecule has 1 saturated heterocycles. The molecule has 1 aromatic heterocycles. The molecule has 0 spiro atoms. The molecular formula is C14H24N4O. The molecule has 1 aromatic rings. The fourth-order valence-corrected chi connectivity index (χ4v) is 2.78. The number of aromatic nitrogens is 2. The molecule has 2 N–H and O–H groups in total. The van der Waals surface area contributed by atoms with Crippen LogP contribution in [0.15, 0.2) is 6.20 Å². The van der Waals surface area contributed by atoms with E-state index in [1.165, 1.54) is 0 Å². The van der Waals surface area contributed by atoms with Crippen LogP contribution in [0.2, 0.25) is 0 Å². The lowest BCUT2D eigenvalue weighted by Crippen LogP contribution is -2.47. The Balaban J connectivity index is 2.14. The van der Waals surface area contributed by atoms with Crippen LogP contribution in [-0.2, 0) is 18.3 Å². The average molecular weight is 264 g/mol. The van der Waals surface area contributed by atoms with E-state index >= 15 is 0 Å². The minimum absolute atomic E-state index is 0.130. The SMILES string of the molecule is CCc1nn(C)cc1NC(=O)C1(CC)CCCNC1. The van der Waals surface area contributed by atoms with Crippen molar-refractivity contribution in [2.24, 2.45) is 12.5 Å². The highest BCUT2D eigenvalue weighted by molar-refractivity contribution is 5.96. The van der Waals surface area contributed by atoms with Crippen molar-refractivity contribution < 1.29 is 4.79 Å². The van der Waals surface area contributed by atoms with Crippen LogP contribution in [0.25, 0.3) is 0 Å². The number of nitrogens with one attached hydrogen (secondary N) is 2. The van der Waals surface area contributed by atoms with Gasteiger partial charge in [-0.25, -0.2) is 0 Å². The maximum atomic E-state index is 12.6. The van der Waals surface area contributed by atoms with Gasteiger partial charge in [0.15, 0.2) is 0 Å². The summed E-state index contributed by atoms with van der Waals surface area (Å²) in [6.07, 6.45) is 5.61. The summed E-state index contributed by atoms with van der Waals surface area (Å²) in [5, 5.41) is 10.8. The average Bonchev–Trinajstić information content (AvgIpc) is 2.79. The monoisotopic (exact) mass is 264 g/mol. The predicted octanol–water partition coefficient (Wildman–Crippen LogP) is 1.70. The zero-order valence-corrected chi connectivity index (χ0v) is 12.1. The maximum Gasteiger partial charge on any atom is 0.231 e. The third-order valence-electron chi connectivity index (χ3n) is 4.12. The Morgan fingerprint density at radius 1 is 1.58 bits per heavy atom. The van der Waals surface area contributed by atoms with Crippen LogP contribution >= 0.6 is 0 Å². The topological polar surface area (TPSA) is 59.0 Å². The molecule has 1 unspecified atom stereocenters. The van der Waals surface area contributed by atoms with Crippen LogP contribution in [0, 0.1) is 5.41 Å². The zero-order valence-electron chi connectivity index (χ0n) is 12.1. The highest BCUT2D eigenvalue weighted by atomic mass is 16.2. The molecule has 0 aliphatic carbocycles. The summed E-state index contributed by atoms with van der Waals surface area (Å²) in [7, 11) is 1.88. The lowest BCUT2D eigenvalue weighted by atomic mass is 9.77. The summed E-state index contributed by atoms with van der Waals surface area (Å²) >= 11 is 0. The van der Waals surface area contributed by atoms with E-state index in [1.54, 1.807) is 4.68 Å². The summed E-state index contributed by atoms with van der Waals surface area (Å²) < 4.78 is 1.76. The quantitative estimate of drug-likeness (QED) is 0.870. The van der Waals surface area contributed by atoms with E-state index in [4.69, 9.17) is 0 Å². The third-order valence-corrected chi connectivity index (χ3v) is 4.12. The van der Waals surface area contributed by atoms with Gasteiger partial charge in [-0.05, 0) is 32.2 Å². The zero-order chi connectivity index (χ0) is 13.9. The Bertz CT molecular complexity index is 446. The Hall–Kier alpha value is -1.36. The van der Waals surface area contributed by atoms with Crippen LogP contribution < -0.4 is 10.6 Å². The number of hydrogen-bond acceptors (Lipinski definition) is 3. The molecule has 19 heavy (non-hydrogen) atoms. The van der Waals surface area contributed by atoms with Gasteiger partial charge in [0.05, 0.1) is 16.8 Å². The van der Waals surface area contributed by atoms with Gasteiger partial charge in [-0.1, -0.05) is 13.8 Å². The van der Waals surface area contributed by atoms with E-state index in [2.05, 4.69) is 29.6 Å². The van der Waals surface area contributed by atoms with Crippen LogP contribution in [0.3, 0.4) is 0 Å². The molecule has 1 amide bonds. The first kappa shape index (κ1) is 14.1. The van der Waals surface area contributed by atoms with Crippen molar-refractivity contribution in [1.82, 2.24) is 15.1 Å². The summed E-state index contributed by atoms with van der Waals surface area (Å²) in [6, 6.07) is 0. The number of carbonyl (C=O) groups is 1. The molecule has 1 atom stereocenters. The van der Waals surface area contributed by atoms with Crippen LogP contribution in [0.5, 0.6) is 0 Å². The fraction of sp³-hybridized carbons (Fsp3) is 0.714. The van der Waals surface area contributed by atoms with Crippen molar-refractivity contribution in [3.63, 3.8) is 0 Å². The number of aryl methyl sites for hydroxylation is 2. The number of amides is 1. The molecule has 0 radical (unpaired) electrons. The van der Waals surface area contributed by atoms with Crippen molar-refractivity contribution in [1.29, 1.82) is 0 Å². The van der Waals surface area contributed by atoms with Crippen molar-refractivity contribution in [2.45, 2.75) is 39.5 Å². The molecule has 1 aliphatic heterocycles. The molecule has 5 nitrogen and oxygen atoms in total. The van der Waals surface area contributed by atoms with Crippen LogP contribution in [0.1, 0.15) is 38.8 Å². The summed E-state index contributed by atoms with van der Waals surface area (Å²) in [5.41, 5.74) is 1.54. The molecule has 2 rings (SSSR count). The van der Waals surface area contributed by atoms with Gasteiger partial charge >= 0.3 is 0 Å². The van der Waals surface area contributed by atoms with Crippen molar-refractivity contribution in [3.05, 3.63) is 11.9 Å². The maximum absolute atomic E-state index is 12.6. The van der Waals surface area contributed by atoms with Crippen molar-refractivity contribution in [3.8, 4) is 0 Å². The standard InChI is InChI=1S/C14H24N4O/c1-4-11-12(9-18(3)17-11)16-13(19)14(5-2)7-6-8-15-10-14/h9,15H,4-8,10H2,1-3H3,(H,16,19). The lowest BCUT2D eigenvalue weighted by molar-refractivity contribution is -0.126. The second kappa shape index (κ2) is 5.74. The number of nitrogens with zero attached hydrogens (tertiary/aromatic N) is 2. The highest BCUT2D eigenvalue weighted by Crippen LogP contribution is 2.32. The highest BCUT2D eigenvalue weighted by Gasteiger charge is 2.38. The Morgan fingerprint density at radius 2 is 2.37 bits per heavy atom.